The molecule has 0 radical (unpaired) electrons. The third-order valence-electron chi connectivity index (χ3n) is 4.79. The van der Waals surface area contributed by atoms with Crippen molar-refractivity contribution in [3.05, 3.63) is 47.4 Å². The van der Waals surface area contributed by atoms with Gasteiger partial charge in [-0.1, -0.05) is 12.1 Å². The lowest BCUT2D eigenvalue weighted by Gasteiger charge is -2.45. The molecule has 0 saturated carbocycles. The highest BCUT2D eigenvalue weighted by Crippen LogP contribution is 2.25. The molecule has 6 heteroatoms. The summed E-state index contributed by atoms with van der Waals surface area (Å²) < 4.78 is 0. The second-order valence-corrected chi connectivity index (χ2v) is 6.80. The lowest BCUT2D eigenvalue weighted by Crippen LogP contribution is -2.60. The Morgan fingerprint density at radius 2 is 2.04 bits per heavy atom. The fourth-order valence-corrected chi connectivity index (χ4v) is 3.03. The number of aromatic nitrogens is 2. The summed E-state index contributed by atoms with van der Waals surface area (Å²) in [6.45, 7) is 8.21. The summed E-state index contributed by atoms with van der Waals surface area (Å²) in [6, 6.07) is 8.21. The molecule has 3 rings (SSSR count). The van der Waals surface area contributed by atoms with Gasteiger partial charge in [-0.25, -0.2) is 9.97 Å². The van der Waals surface area contributed by atoms with Gasteiger partial charge < -0.3 is 10.2 Å². The Bertz CT molecular complexity index is 770. The van der Waals surface area contributed by atoms with Gasteiger partial charge in [-0.3, -0.25) is 9.69 Å². The maximum absolute atomic E-state index is 12.2. The number of carbonyl (C=O) groups excluding carboxylic acids is 1. The summed E-state index contributed by atoms with van der Waals surface area (Å²) in [5.74, 6) is 1.02. The normalized spacial score (nSPS) is 14.5. The van der Waals surface area contributed by atoms with Crippen LogP contribution in [0.25, 0.3) is 0 Å². The molecule has 1 aromatic carbocycles. The summed E-state index contributed by atoms with van der Waals surface area (Å²) in [4.78, 5) is 25.2. The number of nitrogens with one attached hydrogen (secondary N) is 1. The number of carbonyl (C=O) groups is 1. The first-order valence-electron chi connectivity index (χ1n) is 8.54. The highest BCUT2D eigenvalue weighted by Gasteiger charge is 2.32. The first kappa shape index (κ1) is 17.4. The van der Waals surface area contributed by atoms with Gasteiger partial charge in [-0.05, 0) is 45.5 Å². The van der Waals surface area contributed by atoms with Crippen LogP contribution in [-0.2, 0) is 4.79 Å². The molecule has 0 aliphatic carbocycles. The molecule has 1 aliphatic rings. The average molecular weight is 339 g/mol. The van der Waals surface area contributed by atoms with Crippen LogP contribution in [0, 0.1) is 20.8 Å². The van der Waals surface area contributed by atoms with Crippen LogP contribution in [-0.4, -0.2) is 53.5 Å². The number of nitrogens with zero attached hydrogens (tertiary/aromatic N) is 4. The topological polar surface area (TPSA) is 61.4 Å². The molecule has 0 spiro atoms. The Morgan fingerprint density at radius 3 is 2.76 bits per heavy atom. The van der Waals surface area contributed by atoms with Crippen molar-refractivity contribution in [3.8, 4) is 0 Å². The van der Waals surface area contributed by atoms with E-state index < -0.39 is 0 Å². The van der Waals surface area contributed by atoms with Crippen molar-refractivity contribution in [1.82, 2.24) is 14.9 Å². The van der Waals surface area contributed by atoms with Crippen molar-refractivity contribution < 1.29 is 4.79 Å². The number of hydrogen-bond donors (Lipinski definition) is 1. The minimum atomic E-state index is 0.0145. The number of amides is 1. The number of likely N-dealkylation sites (N-methyl/N-ethyl adjacent to an activating group) is 1. The van der Waals surface area contributed by atoms with Crippen LogP contribution in [0.3, 0.4) is 0 Å². The van der Waals surface area contributed by atoms with E-state index in [4.69, 9.17) is 0 Å². The van der Waals surface area contributed by atoms with E-state index in [0.717, 1.165) is 41.4 Å². The van der Waals surface area contributed by atoms with Gasteiger partial charge in [0.1, 0.15) is 12.1 Å². The summed E-state index contributed by atoms with van der Waals surface area (Å²) in [6.07, 6.45) is 1.62. The first-order chi connectivity index (χ1) is 11.9. The molecular formula is C19H25N5O. The zero-order valence-corrected chi connectivity index (χ0v) is 15.3. The van der Waals surface area contributed by atoms with Crippen molar-refractivity contribution in [2.75, 3.05) is 36.9 Å². The quantitative estimate of drug-likeness (QED) is 0.904. The van der Waals surface area contributed by atoms with Crippen molar-refractivity contribution >= 4 is 17.4 Å². The minimum absolute atomic E-state index is 0.0145. The number of anilines is 2. The average Bonchev–Trinajstić information content (AvgIpc) is 2.49. The summed E-state index contributed by atoms with van der Waals surface area (Å²) >= 11 is 0. The first-order valence-corrected chi connectivity index (χ1v) is 8.54. The molecule has 1 amide bonds. The molecule has 0 bridgehead atoms. The molecule has 1 fully saturated rings. The van der Waals surface area contributed by atoms with Gasteiger partial charge in [0.05, 0.1) is 6.54 Å². The van der Waals surface area contributed by atoms with Gasteiger partial charge in [0.2, 0.25) is 5.91 Å². The highest BCUT2D eigenvalue weighted by atomic mass is 16.2. The Hall–Kier alpha value is -2.47. The lowest BCUT2D eigenvalue weighted by atomic mass is 10.1. The van der Waals surface area contributed by atoms with E-state index in [1.165, 1.54) is 0 Å². The molecule has 1 saturated heterocycles. The molecule has 0 atom stereocenters. The van der Waals surface area contributed by atoms with Crippen LogP contribution in [0.15, 0.2) is 30.6 Å². The number of benzene rings is 1. The van der Waals surface area contributed by atoms with E-state index in [2.05, 4.69) is 32.0 Å². The van der Waals surface area contributed by atoms with Gasteiger partial charge >= 0.3 is 0 Å². The molecule has 132 valence electrons. The molecule has 25 heavy (non-hydrogen) atoms. The van der Waals surface area contributed by atoms with Crippen LogP contribution in [0.4, 0.5) is 11.5 Å². The highest BCUT2D eigenvalue weighted by molar-refractivity contribution is 5.92. The fourth-order valence-electron chi connectivity index (χ4n) is 3.03. The summed E-state index contributed by atoms with van der Waals surface area (Å²) in [5.41, 5.74) is 4.12. The van der Waals surface area contributed by atoms with E-state index in [-0.39, 0.29) is 5.91 Å². The molecular weight excluding hydrogens is 314 g/mol. The molecule has 2 heterocycles. The van der Waals surface area contributed by atoms with E-state index >= 15 is 0 Å². The smallest absolute Gasteiger partial charge is 0.238 e. The van der Waals surface area contributed by atoms with Gasteiger partial charge in [0.15, 0.2) is 0 Å². The van der Waals surface area contributed by atoms with Crippen LogP contribution >= 0.6 is 0 Å². The van der Waals surface area contributed by atoms with Crippen molar-refractivity contribution in [1.29, 1.82) is 0 Å². The zero-order valence-electron chi connectivity index (χ0n) is 15.3. The van der Waals surface area contributed by atoms with Crippen LogP contribution in [0.5, 0.6) is 0 Å². The minimum Gasteiger partial charge on any atom is -0.353 e. The molecule has 1 N–H and O–H groups in total. The predicted molar refractivity (Wildman–Crippen MR) is 99.9 cm³/mol. The van der Waals surface area contributed by atoms with Crippen molar-refractivity contribution in [3.63, 3.8) is 0 Å². The third kappa shape index (κ3) is 3.96. The maximum Gasteiger partial charge on any atom is 0.238 e. The van der Waals surface area contributed by atoms with Crippen LogP contribution in [0.1, 0.15) is 16.8 Å². The monoisotopic (exact) mass is 339 g/mol. The van der Waals surface area contributed by atoms with E-state index in [1.807, 2.05) is 45.2 Å². The predicted octanol–water partition coefficient (Wildman–Crippen LogP) is 2.16. The second-order valence-electron chi connectivity index (χ2n) is 6.80. The van der Waals surface area contributed by atoms with Crippen LogP contribution in [0.2, 0.25) is 0 Å². The number of aryl methyl sites for hydroxylation is 2. The largest absolute Gasteiger partial charge is 0.353 e. The van der Waals surface area contributed by atoms with Gasteiger partial charge in [-0.2, -0.15) is 0 Å². The van der Waals surface area contributed by atoms with Crippen molar-refractivity contribution in [2.24, 2.45) is 0 Å². The van der Waals surface area contributed by atoms with Crippen LogP contribution < -0.4 is 10.2 Å². The molecule has 2 aromatic rings. The number of rotatable bonds is 5. The van der Waals surface area contributed by atoms with Crippen molar-refractivity contribution in [2.45, 2.75) is 26.8 Å². The Kier molecular flexibility index (Phi) is 4.99. The Morgan fingerprint density at radius 1 is 1.28 bits per heavy atom. The Balaban J connectivity index is 1.51. The van der Waals surface area contributed by atoms with E-state index in [1.54, 1.807) is 6.33 Å². The summed E-state index contributed by atoms with van der Waals surface area (Å²) in [5, 5.41) is 2.96. The summed E-state index contributed by atoms with van der Waals surface area (Å²) in [7, 11) is 2.00. The second kappa shape index (κ2) is 7.19. The van der Waals surface area contributed by atoms with Gasteiger partial charge in [0.25, 0.3) is 0 Å². The molecule has 6 nitrogen and oxygen atoms in total. The van der Waals surface area contributed by atoms with E-state index in [0.29, 0.717) is 12.6 Å². The third-order valence-corrected chi connectivity index (χ3v) is 4.79. The SMILES string of the molecule is Cc1cccc(NC(=O)CN(C)C2CN(c3ncnc(C)c3C)C2)c1. The van der Waals surface area contributed by atoms with Gasteiger partial charge in [-0.15, -0.1) is 0 Å². The lowest BCUT2D eigenvalue weighted by molar-refractivity contribution is -0.117. The molecule has 1 aliphatic heterocycles. The van der Waals surface area contributed by atoms with Gasteiger partial charge in [0, 0.05) is 36.1 Å². The Labute approximate surface area is 148 Å². The number of hydrogen-bond acceptors (Lipinski definition) is 5. The standard InChI is InChI=1S/C19H25N5O/c1-13-6-5-7-16(8-13)22-18(25)11-23(4)17-9-24(10-17)19-14(2)15(3)20-12-21-19/h5-8,12,17H,9-11H2,1-4H3,(H,22,25). The maximum atomic E-state index is 12.2. The van der Waals surface area contributed by atoms with E-state index in [9.17, 15) is 4.79 Å². The fraction of sp³-hybridized carbons (Fsp3) is 0.421. The molecule has 0 unspecified atom stereocenters. The molecule has 1 aromatic heterocycles. The zero-order chi connectivity index (χ0) is 18.0.